The van der Waals surface area contributed by atoms with Gasteiger partial charge in [-0.1, -0.05) is 6.92 Å². The zero-order valence-electron chi connectivity index (χ0n) is 11.0. The van der Waals surface area contributed by atoms with Crippen molar-refractivity contribution in [2.45, 2.75) is 52.2 Å². The second-order valence-electron chi connectivity index (χ2n) is 4.62. The average molecular weight is 229 g/mol. The second-order valence-corrected chi connectivity index (χ2v) is 4.62. The van der Waals surface area contributed by atoms with Gasteiger partial charge >= 0.3 is 0 Å². The van der Waals surface area contributed by atoms with Crippen LogP contribution in [0.4, 0.5) is 0 Å². The first-order chi connectivity index (χ1) is 7.77. The van der Waals surface area contributed by atoms with Gasteiger partial charge in [-0.25, -0.2) is 0 Å². The Morgan fingerprint density at radius 2 is 2.00 bits per heavy atom. The first kappa shape index (κ1) is 13.9. The van der Waals surface area contributed by atoms with E-state index >= 15 is 0 Å². The Morgan fingerprint density at radius 3 is 2.56 bits per heavy atom. The van der Waals surface area contributed by atoms with Crippen LogP contribution in [0.15, 0.2) is 0 Å². The van der Waals surface area contributed by atoms with Gasteiger partial charge < -0.3 is 14.8 Å². The summed E-state index contributed by atoms with van der Waals surface area (Å²) < 4.78 is 11.1. The van der Waals surface area contributed by atoms with Crippen molar-refractivity contribution in [2.75, 3.05) is 26.4 Å². The summed E-state index contributed by atoms with van der Waals surface area (Å²) in [6, 6.07) is 0.494. The van der Waals surface area contributed by atoms with Gasteiger partial charge in [0, 0.05) is 25.9 Å². The van der Waals surface area contributed by atoms with E-state index in [0.29, 0.717) is 12.1 Å². The fourth-order valence-electron chi connectivity index (χ4n) is 2.42. The summed E-state index contributed by atoms with van der Waals surface area (Å²) in [5.74, 6) is 0.806. The van der Waals surface area contributed by atoms with Crippen LogP contribution >= 0.6 is 0 Å². The van der Waals surface area contributed by atoms with Crippen molar-refractivity contribution in [3.8, 4) is 0 Å². The first-order valence-electron chi connectivity index (χ1n) is 6.70. The molecule has 0 amide bonds. The minimum atomic E-state index is 0.313. The van der Waals surface area contributed by atoms with E-state index < -0.39 is 0 Å². The third-order valence-electron chi connectivity index (χ3n) is 3.39. The van der Waals surface area contributed by atoms with Gasteiger partial charge in [0.05, 0.1) is 6.10 Å². The van der Waals surface area contributed by atoms with Gasteiger partial charge in [-0.15, -0.1) is 0 Å². The fourth-order valence-corrected chi connectivity index (χ4v) is 2.42. The number of rotatable bonds is 7. The van der Waals surface area contributed by atoms with Gasteiger partial charge in [0.25, 0.3) is 0 Å². The quantitative estimate of drug-likeness (QED) is 0.726. The average Bonchev–Trinajstić information content (AvgIpc) is 2.30. The van der Waals surface area contributed by atoms with Crippen molar-refractivity contribution < 1.29 is 9.47 Å². The van der Waals surface area contributed by atoms with Crippen molar-refractivity contribution in [2.24, 2.45) is 5.92 Å². The Balaban J connectivity index is 2.35. The van der Waals surface area contributed by atoms with Crippen LogP contribution in [-0.4, -0.2) is 38.5 Å². The Kier molecular flexibility index (Phi) is 7.01. The summed E-state index contributed by atoms with van der Waals surface area (Å²) in [6.45, 7) is 10.1. The highest BCUT2D eigenvalue weighted by molar-refractivity contribution is 4.78. The Labute approximate surface area is 99.9 Å². The Bertz CT molecular complexity index is 169. The molecule has 3 heteroatoms. The van der Waals surface area contributed by atoms with Gasteiger partial charge in [0.15, 0.2) is 0 Å². The molecule has 16 heavy (non-hydrogen) atoms. The van der Waals surface area contributed by atoms with Gasteiger partial charge in [-0.2, -0.15) is 0 Å². The van der Waals surface area contributed by atoms with Gasteiger partial charge in [-0.3, -0.25) is 0 Å². The van der Waals surface area contributed by atoms with Crippen molar-refractivity contribution in [3.63, 3.8) is 0 Å². The topological polar surface area (TPSA) is 30.5 Å². The largest absolute Gasteiger partial charge is 0.381 e. The van der Waals surface area contributed by atoms with Crippen molar-refractivity contribution in [1.29, 1.82) is 0 Å². The summed E-state index contributed by atoms with van der Waals surface area (Å²) in [4.78, 5) is 0. The van der Waals surface area contributed by atoms with Crippen LogP contribution < -0.4 is 5.32 Å². The van der Waals surface area contributed by atoms with Gasteiger partial charge in [0.2, 0.25) is 0 Å². The molecule has 0 saturated carbocycles. The smallest absolute Gasteiger partial charge is 0.0699 e. The second kappa shape index (κ2) is 8.04. The number of nitrogens with one attached hydrogen (secondary N) is 1. The number of hydrogen-bond donors (Lipinski definition) is 1. The molecule has 0 radical (unpaired) electrons. The number of likely N-dealkylation sites (N-methyl/N-ethyl adjacent to an activating group) is 1. The lowest BCUT2D eigenvalue weighted by Gasteiger charge is -2.30. The monoisotopic (exact) mass is 229 g/mol. The highest BCUT2D eigenvalue weighted by Crippen LogP contribution is 2.22. The molecule has 0 aromatic rings. The predicted octanol–water partition coefficient (Wildman–Crippen LogP) is 2.21. The Hall–Kier alpha value is -0.120. The van der Waals surface area contributed by atoms with Crippen molar-refractivity contribution in [1.82, 2.24) is 5.32 Å². The zero-order chi connectivity index (χ0) is 11.8. The normalized spacial score (nSPS) is 21.9. The molecule has 1 fully saturated rings. The molecule has 96 valence electrons. The lowest BCUT2D eigenvalue weighted by Crippen LogP contribution is -2.41. The minimum Gasteiger partial charge on any atom is -0.381 e. The maximum atomic E-state index is 5.70. The van der Waals surface area contributed by atoms with Crippen LogP contribution in [0.25, 0.3) is 0 Å². The van der Waals surface area contributed by atoms with Crippen LogP contribution in [0.5, 0.6) is 0 Å². The van der Waals surface area contributed by atoms with Gasteiger partial charge in [-0.05, 0) is 45.6 Å². The molecule has 0 aromatic heterocycles. The third kappa shape index (κ3) is 4.81. The van der Waals surface area contributed by atoms with Crippen LogP contribution in [0.2, 0.25) is 0 Å². The van der Waals surface area contributed by atoms with E-state index in [2.05, 4.69) is 26.1 Å². The van der Waals surface area contributed by atoms with Crippen LogP contribution in [0.1, 0.15) is 40.0 Å². The van der Waals surface area contributed by atoms with Crippen LogP contribution in [0.3, 0.4) is 0 Å². The van der Waals surface area contributed by atoms with E-state index in [-0.39, 0.29) is 0 Å². The van der Waals surface area contributed by atoms with Crippen molar-refractivity contribution in [3.05, 3.63) is 0 Å². The molecule has 0 aromatic carbocycles. The minimum absolute atomic E-state index is 0.313. The molecule has 0 spiro atoms. The SMILES string of the molecule is CCNC(CC1CCOCC1)C(C)OCC. The van der Waals surface area contributed by atoms with E-state index in [4.69, 9.17) is 9.47 Å². The van der Waals surface area contributed by atoms with E-state index in [0.717, 1.165) is 32.3 Å². The number of ether oxygens (including phenoxy) is 2. The molecule has 1 rings (SSSR count). The summed E-state index contributed by atoms with van der Waals surface area (Å²) in [6.07, 6.45) is 3.95. The van der Waals surface area contributed by atoms with Crippen LogP contribution in [-0.2, 0) is 9.47 Å². The predicted molar refractivity (Wildman–Crippen MR) is 66.7 cm³/mol. The molecule has 0 bridgehead atoms. The highest BCUT2D eigenvalue weighted by Gasteiger charge is 2.22. The summed E-state index contributed by atoms with van der Waals surface area (Å²) in [7, 11) is 0. The highest BCUT2D eigenvalue weighted by atomic mass is 16.5. The fraction of sp³-hybridized carbons (Fsp3) is 1.00. The van der Waals surface area contributed by atoms with Crippen molar-refractivity contribution >= 4 is 0 Å². The maximum absolute atomic E-state index is 5.70. The van der Waals surface area contributed by atoms with E-state index in [1.165, 1.54) is 19.3 Å². The molecule has 1 aliphatic rings. The maximum Gasteiger partial charge on any atom is 0.0699 e. The molecule has 1 aliphatic heterocycles. The molecule has 1 N–H and O–H groups in total. The molecular formula is C13H27NO2. The first-order valence-corrected chi connectivity index (χ1v) is 6.70. The lowest BCUT2D eigenvalue weighted by molar-refractivity contribution is 0.0234. The zero-order valence-corrected chi connectivity index (χ0v) is 11.0. The molecule has 1 heterocycles. The van der Waals surface area contributed by atoms with E-state index in [1.54, 1.807) is 0 Å². The third-order valence-corrected chi connectivity index (χ3v) is 3.39. The lowest BCUT2D eigenvalue weighted by atomic mass is 9.90. The molecule has 2 unspecified atom stereocenters. The molecule has 0 aliphatic carbocycles. The Morgan fingerprint density at radius 1 is 1.31 bits per heavy atom. The molecule has 2 atom stereocenters. The van der Waals surface area contributed by atoms with Gasteiger partial charge in [0.1, 0.15) is 0 Å². The van der Waals surface area contributed by atoms with E-state index in [1.807, 2.05) is 0 Å². The molecular weight excluding hydrogens is 202 g/mol. The summed E-state index contributed by atoms with van der Waals surface area (Å²) in [5, 5.41) is 3.55. The standard InChI is InChI=1S/C13H27NO2/c1-4-14-13(11(3)16-5-2)10-12-6-8-15-9-7-12/h11-14H,4-10H2,1-3H3. The van der Waals surface area contributed by atoms with E-state index in [9.17, 15) is 0 Å². The number of hydrogen-bond acceptors (Lipinski definition) is 3. The molecule has 3 nitrogen and oxygen atoms in total. The molecule has 1 saturated heterocycles. The summed E-state index contributed by atoms with van der Waals surface area (Å²) >= 11 is 0. The summed E-state index contributed by atoms with van der Waals surface area (Å²) in [5.41, 5.74) is 0. The van der Waals surface area contributed by atoms with Crippen LogP contribution in [0, 0.1) is 5.92 Å².